The summed E-state index contributed by atoms with van der Waals surface area (Å²) in [6.45, 7) is 6.64. The molecule has 1 atom stereocenters. The average molecular weight is 468 g/mol. The van der Waals surface area contributed by atoms with Crippen molar-refractivity contribution in [3.05, 3.63) is 29.8 Å². The van der Waals surface area contributed by atoms with Crippen molar-refractivity contribution in [2.24, 2.45) is 5.92 Å². The highest BCUT2D eigenvalue weighted by atomic mass is 32.2. The van der Waals surface area contributed by atoms with Gasteiger partial charge in [0.15, 0.2) is 15.6 Å². The predicted octanol–water partition coefficient (Wildman–Crippen LogP) is 4.35. The second-order valence-electron chi connectivity index (χ2n) is 8.23. The Hall–Kier alpha value is -2.22. The van der Waals surface area contributed by atoms with E-state index in [9.17, 15) is 22.8 Å². The largest absolute Gasteiger partial charge is 0.481 e. The van der Waals surface area contributed by atoms with E-state index in [0.29, 0.717) is 18.7 Å². The molecule has 0 heterocycles. The van der Waals surface area contributed by atoms with E-state index in [2.05, 4.69) is 13.8 Å². The molecule has 1 N–H and O–H groups in total. The fourth-order valence-electron chi connectivity index (χ4n) is 3.53. The Kier molecular flexibility index (Phi) is 12.2. The number of hydrogen-bond acceptors (Lipinski definition) is 5. The maximum Gasteiger partial charge on any atom is 0.303 e. The molecule has 0 aromatic heterocycles. The molecule has 32 heavy (non-hydrogen) atoms. The van der Waals surface area contributed by atoms with Crippen molar-refractivity contribution in [2.45, 2.75) is 77.0 Å². The lowest BCUT2D eigenvalue weighted by molar-refractivity contribution is -0.138. The molecule has 180 valence electrons. The topological polar surface area (TPSA) is 109 Å². The van der Waals surface area contributed by atoms with E-state index in [4.69, 9.17) is 5.11 Å². The van der Waals surface area contributed by atoms with Crippen molar-refractivity contribution >= 4 is 27.5 Å². The van der Waals surface area contributed by atoms with Crippen molar-refractivity contribution in [1.29, 1.82) is 0 Å². The molecule has 1 amide bonds. The van der Waals surface area contributed by atoms with Gasteiger partial charge in [0, 0.05) is 25.1 Å². The number of amides is 1. The fourth-order valence-corrected chi connectivity index (χ4v) is 5.11. The highest BCUT2D eigenvalue weighted by molar-refractivity contribution is 7.91. The van der Waals surface area contributed by atoms with E-state index < -0.39 is 27.5 Å². The van der Waals surface area contributed by atoms with Gasteiger partial charge >= 0.3 is 5.97 Å². The number of carboxylic acids is 1. The van der Waals surface area contributed by atoms with Crippen molar-refractivity contribution in [1.82, 2.24) is 4.90 Å². The molecule has 0 spiro atoms. The normalized spacial score (nSPS) is 12.3. The zero-order valence-electron chi connectivity index (χ0n) is 19.5. The van der Waals surface area contributed by atoms with E-state index in [1.165, 1.54) is 31.2 Å². The van der Waals surface area contributed by atoms with E-state index in [1.807, 2.05) is 0 Å². The smallest absolute Gasteiger partial charge is 0.303 e. The number of Topliss-reactive ketones (excluding diaryl/α,β-unsaturated/α-hetero) is 1. The predicted molar refractivity (Wildman–Crippen MR) is 124 cm³/mol. The van der Waals surface area contributed by atoms with Gasteiger partial charge in [-0.05, 0) is 38.3 Å². The van der Waals surface area contributed by atoms with Crippen LogP contribution in [0.15, 0.2) is 29.2 Å². The number of carbonyl (C=O) groups excluding carboxylic acids is 2. The zero-order chi connectivity index (χ0) is 24.1. The van der Waals surface area contributed by atoms with Gasteiger partial charge in [-0.1, -0.05) is 51.7 Å². The Morgan fingerprint density at radius 3 is 1.91 bits per heavy atom. The summed E-state index contributed by atoms with van der Waals surface area (Å²) in [5.74, 6) is -2.89. The number of rotatable bonds is 16. The molecular formula is C24H37NO6S. The SMILES string of the molecule is CCCCCN(CCCCC)C(=O)C(CCC(=O)O)CS(=O)(=O)c1ccc(C(C)=O)cc1. The summed E-state index contributed by atoms with van der Waals surface area (Å²) in [5, 5.41) is 9.12. The van der Waals surface area contributed by atoms with Gasteiger partial charge in [-0.2, -0.15) is 0 Å². The van der Waals surface area contributed by atoms with Gasteiger partial charge in [-0.15, -0.1) is 0 Å². The van der Waals surface area contributed by atoms with Crippen LogP contribution in [0.25, 0.3) is 0 Å². The Balaban J connectivity index is 3.09. The van der Waals surface area contributed by atoms with E-state index >= 15 is 0 Å². The van der Waals surface area contributed by atoms with Gasteiger partial charge < -0.3 is 10.0 Å². The van der Waals surface area contributed by atoms with E-state index in [-0.39, 0.29) is 29.4 Å². The number of unbranched alkanes of at least 4 members (excludes halogenated alkanes) is 4. The number of hydrogen-bond donors (Lipinski definition) is 1. The van der Waals surface area contributed by atoms with Crippen LogP contribution in [0.2, 0.25) is 0 Å². The highest BCUT2D eigenvalue weighted by Crippen LogP contribution is 2.21. The Bertz CT molecular complexity index is 838. The number of ketones is 1. The molecule has 0 bridgehead atoms. The van der Waals surface area contributed by atoms with Crippen molar-refractivity contribution in [3.63, 3.8) is 0 Å². The molecule has 1 aromatic rings. The molecule has 1 aromatic carbocycles. The first-order chi connectivity index (χ1) is 15.1. The molecule has 0 aliphatic heterocycles. The second kappa shape index (κ2) is 14.0. The molecule has 8 heteroatoms. The summed E-state index contributed by atoms with van der Waals surface area (Å²) < 4.78 is 26.0. The van der Waals surface area contributed by atoms with Crippen LogP contribution < -0.4 is 0 Å². The molecule has 7 nitrogen and oxygen atoms in total. The van der Waals surface area contributed by atoms with E-state index in [1.54, 1.807) is 4.90 Å². The quantitative estimate of drug-likeness (QED) is 0.286. The monoisotopic (exact) mass is 467 g/mol. The molecule has 0 aliphatic carbocycles. The standard InChI is InChI=1S/C24H37NO6S/c1-4-6-8-16-25(17-9-7-5-2)24(29)21(12-15-23(27)28)18-32(30,31)22-13-10-20(11-14-22)19(3)26/h10-11,13-14,21H,4-9,12,15-18H2,1-3H3,(H,27,28). The molecule has 1 unspecified atom stereocenters. The Morgan fingerprint density at radius 2 is 1.47 bits per heavy atom. The van der Waals surface area contributed by atoms with Gasteiger partial charge in [0.25, 0.3) is 0 Å². The average Bonchev–Trinajstić information content (AvgIpc) is 2.75. The summed E-state index contributed by atoms with van der Waals surface area (Å²) in [6.07, 6.45) is 5.31. The van der Waals surface area contributed by atoms with Gasteiger partial charge in [0.2, 0.25) is 5.91 Å². The maximum absolute atomic E-state index is 13.3. The van der Waals surface area contributed by atoms with Crippen molar-refractivity contribution in [3.8, 4) is 0 Å². The lowest BCUT2D eigenvalue weighted by Gasteiger charge is -2.27. The summed E-state index contributed by atoms with van der Waals surface area (Å²) in [7, 11) is -3.83. The molecule has 0 saturated heterocycles. The lowest BCUT2D eigenvalue weighted by atomic mass is 10.0. The van der Waals surface area contributed by atoms with Gasteiger partial charge in [0.1, 0.15) is 0 Å². The van der Waals surface area contributed by atoms with Crippen LogP contribution in [0.3, 0.4) is 0 Å². The first-order valence-electron chi connectivity index (χ1n) is 11.5. The minimum absolute atomic E-state index is 0.0270. The summed E-state index contributed by atoms with van der Waals surface area (Å²) in [5.41, 5.74) is 0.403. The number of nitrogens with zero attached hydrogens (tertiary/aromatic N) is 1. The van der Waals surface area contributed by atoms with Crippen LogP contribution in [-0.4, -0.2) is 54.9 Å². The molecule has 0 radical (unpaired) electrons. The third-order valence-electron chi connectivity index (χ3n) is 5.47. The number of sulfone groups is 1. The van der Waals surface area contributed by atoms with Crippen molar-refractivity contribution < 1.29 is 27.9 Å². The molecule has 0 saturated carbocycles. The zero-order valence-corrected chi connectivity index (χ0v) is 20.3. The van der Waals surface area contributed by atoms with Crippen LogP contribution in [0.4, 0.5) is 0 Å². The highest BCUT2D eigenvalue weighted by Gasteiger charge is 2.30. The molecule has 1 rings (SSSR count). The van der Waals surface area contributed by atoms with Crippen LogP contribution in [0, 0.1) is 5.92 Å². The Morgan fingerprint density at radius 1 is 0.938 bits per heavy atom. The third kappa shape index (κ3) is 9.51. The van der Waals surface area contributed by atoms with Crippen LogP contribution in [-0.2, 0) is 19.4 Å². The second-order valence-corrected chi connectivity index (χ2v) is 10.3. The Labute approximate surface area is 192 Å². The van der Waals surface area contributed by atoms with Crippen molar-refractivity contribution in [2.75, 3.05) is 18.8 Å². The minimum atomic E-state index is -3.83. The lowest BCUT2D eigenvalue weighted by Crippen LogP contribution is -2.40. The first kappa shape index (κ1) is 27.8. The summed E-state index contributed by atoms with van der Waals surface area (Å²) >= 11 is 0. The molecular weight excluding hydrogens is 430 g/mol. The van der Waals surface area contributed by atoms with Crippen LogP contribution >= 0.6 is 0 Å². The van der Waals surface area contributed by atoms with Gasteiger partial charge in [-0.3, -0.25) is 14.4 Å². The third-order valence-corrected chi connectivity index (χ3v) is 7.30. The number of carboxylic acid groups (broad SMARTS) is 1. The summed E-state index contributed by atoms with van der Waals surface area (Å²) in [6, 6.07) is 5.63. The molecule has 0 fully saturated rings. The number of benzene rings is 1. The molecule has 0 aliphatic rings. The fraction of sp³-hybridized carbons (Fsp3) is 0.625. The van der Waals surface area contributed by atoms with Gasteiger partial charge in [0.05, 0.1) is 16.6 Å². The van der Waals surface area contributed by atoms with Gasteiger partial charge in [-0.25, -0.2) is 8.42 Å². The van der Waals surface area contributed by atoms with E-state index in [0.717, 1.165) is 38.5 Å². The first-order valence-corrected chi connectivity index (χ1v) is 13.1. The summed E-state index contributed by atoms with van der Waals surface area (Å²) in [4.78, 5) is 37.7. The van der Waals surface area contributed by atoms with Crippen LogP contribution in [0.1, 0.15) is 82.5 Å². The maximum atomic E-state index is 13.3. The van der Waals surface area contributed by atoms with Crippen LogP contribution in [0.5, 0.6) is 0 Å². The minimum Gasteiger partial charge on any atom is -0.481 e. The number of carbonyl (C=O) groups is 3. The number of aliphatic carboxylic acids is 1.